The average molecular weight is 345 g/mol. The molecule has 0 aliphatic carbocycles. The van der Waals surface area contributed by atoms with Gasteiger partial charge < -0.3 is 14.6 Å². The first-order valence-electron chi connectivity index (χ1n) is 8.38. The minimum Gasteiger partial charge on any atom is -0.478 e. The van der Waals surface area contributed by atoms with Gasteiger partial charge in [0.25, 0.3) is 0 Å². The summed E-state index contributed by atoms with van der Waals surface area (Å²) < 4.78 is 11.1. The molecule has 0 spiro atoms. The first-order valence-corrected chi connectivity index (χ1v) is 8.38. The molecule has 2 heterocycles. The average Bonchev–Trinajstić information content (AvgIpc) is 2.52. The van der Waals surface area contributed by atoms with Crippen molar-refractivity contribution in [3.05, 3.63) is 41.5 Å². The molecule has 2 bridgehead atoms. The van der Waals surface area contributed by atoms with Gasteiger partial charge in [0.1, 0.15) is 5.60 Å². The molecule has 1 amide bonds. The van der Waals surface area contributed by atoms with Crippen LogP contribution < -0.4 is 0 Å². The molecule has 1 aromatic carbocycles. The molecule has 1 saturated heterocycles. The molecule has 0 aromatic heterocycles. The van der Waals surface area contributed by atoms with Gasteiger partial charge in [0.05, 0.1) is 30.9 Å². The van der Waals surface area contributed by atoms with E-state index >= 15 is 0 Å². The molecule has 1 fully saturated rings. The Morgan fingerprint density at radius 3 is 2.44 bits per heavy atom. The van der Waals surface area contributed by atoms with Gasteiger partial charge in [-0.3, -0.25) is 4.90 Å². The summed E-state index contributed by atoms with van der Waals surface area (Å²) in [5.74, 6) is -0.939. The fourth-order valence-corrected chi connectivity index (χ4v) is 3.24. The van der Waals surface area contributed by atoms with Crippen LogP contribution in [0.3, 0.4) is 0 Å². The second kappa shape index (κ2) is 6.52. The highest BCUT2D eigenvalue weighted by Gasteiger charge is 2.40. The Hall–Kier alpha value is -2.34. The standard InChI is InChI=1S/C19H23NO5/c1-19(2,3)25-18(23)20-15-8-14(9-16(20)11-24-10-15)12-4-6-13(7-5-12)17(21)22/h4-8,15-16H,9-11H2,1-3H3,(H,21,22). The Labute approximate surface area is 147 Å². The first kappa shape index (κ1) is 17.5. The summed E-state index contributed by atoms with van der Waals surface area (Å²) >= 11 is 0. The highest BCUT2D eigenvalue weighted by molar-refractivity contribution is 5.88. The zero-order chi connectivity index (χ0) is 18.2. The van der Waals surface area contributed by atoms with Crippen LogP contribution in [0.25, 0.3) is 5.57 Å². The molecule has 1 aromatic rings. The Kier molecular flexibility index (Phi) is 4.56. The van der Waals surface area contributed by atoms with E-state index in [1.54, 1.807) is 17.0 Å². The van der Waals surface area contributed by atoms with Crippen LogP contribution >= 0.6 is 0 Å². The molecule has 6 heteroatoms. The predicted molar refractivity (Wildman–Crippen MR) is 92.5 cm³/mol. The molecule has 2 atom stereocenters. The van der Waals surface area contributed by atoms with E-state index in [0.29, 0.717) is 19.6 Å². The van der Waals surface area contributed by atoms with E-state index in [0.717, 1.165) is 11.1 Å². The lowest BCUT2D eigenvalue weighted by Gasteiger charge is -2.44. The van der Waals surface area contributed by atoms with E-state index in [-0.39, 0.29) is 23.7 Å². The molecule has 2 unspecified atom stereocenters. The molecule has 1 N–H and O–H groups in total. The number of rotatable bonds is 2. The molecule has 0 saturated carbocycles. The Balaban J connectivity index is 1.83. The van der Waals surface area contributed by atoms with Crippen molar-refractivity contribution in [3.8, 4) is 0 Å². The smallest absolute Gasteiger partial charge is 0.411 e. The van der Waals surface area contributed by atoms with E-state index in [9.17, 15) is 9.59 Å². The molecule has 0 radical (unpaired) electrons. The van der Waals surface area contributed by atoms with Gasteiger partial charge in [-0.15, -0.1) is 0 Å². The number of benzene rings is 1. The summed E-state index contributed by atoms with van der Waals surface area (Å²) in [7, 11) is 0. The van der Waals surface area contributed by atoms with Crippen molar-refractivity contribution in [2.24, 2.45) is 0 Å². The van der Waals surface area contributed by atoms with Gasteiger partial charge in [-0.1, -0.05) is 18.2 Å². The zero-order valence-corrected chi connectivity index (χ0v) is 14.7. The number of carboxylic acid groups (broad SMARTS) is 1. The summed E-state index contributed by atoms with van der Waals surface area (Å²) in [5.41, 5.74) is 1.81. The van der Waals surface area contributed by atoms with E-state index in [2.05, 4.69) is 0 Å². The number of morpholine rings is 1. The normalized spacial score (nSPS) is 23.0. The van der Waals surface area contributed by atoms with Crippen molar-refractivity contribution in [1.82, 2.24) is 4.90 Å². The van der Waals surface area contributed by atoms with Crippen LogP contribution in [0.2, 0.25) is 0 Å². The Bertz CT molecular complexity index is 702. The number of amides is 1. The van der Waals surface area contributed by atoms with E-state index < -0.39 is 11.6 Å². The van der Waals surface area contributed by atoms with Gasteiger partial charge in [0.2, 0.25) is 0 Å². The second-order valence-electron chi connectivity index (χ2n) is 7.42. The second-order valence-corrected chi connectivity index (χ2v) is 7.42. The van der Waals surface area contributed by atoms with Crippen LogP contribution in [0, 0.1) is 0 Å². The number of aromatic carboxylic acids is 1. The molecule has 2 aliphatic heterocycles. The predicted octanol–water partition coefficient (Wildman–Crippen LogP) is 3.18. The lowest BCUT2D eigenvalue weighted by molar-refractivity contribution is -0.0510. The van der Waals surface area contributed by atoms with Crippen molar-refractivity contribution in [3.63, 3.8) is 0 Å². The van der Waals surface area contributed by atoms with E-state index in [1.165, 1.54) is 0 Å². The molecular formula is C19H23NO5. The first-order chi connectivity index (χ1) is 11.7. The van der Waals surface area contributed by atoms with Gasteiger partial charge in [-0.05, 0) is 50.5 Å². The van der Waals surface area contributed by atoms with Crippen LogP contribution in [-0.4, -0.2) is 53.0 Å². The summed E-state index contributed by atoms with van der Waals surface area (Å²) in [6, 6.07) is 6.59. The van der Waals surface area contributed by atoms with Crippen LogP contribution in [0.5, 0.6) is 0 Å². The van der Waals surface area contributed by atoms with Crippen molar-refractivity contribution >= 4 is 17.6 Å². The number of carbonyl (C=O) groups excluding carboxylic acids is 1. The number of fused-ring (bicyclic) bond motifs is 2. The third-order valence-electron chi connectivity index (χ3n) is 4.31. The van der Waals surface area contributed by atoms with Crippen LogP contribution in [0.1, 0.15) is 43.1 Å². The van der Waals surface area contributed by atoms with Crippen molar-refractivity contribution < 1.29 is 24.2 Å². The van der Waals surface area contributed by atoms with Crippen molar-refractivity contribution in [2.75, 3.05) is 13.2 Å². The highest BCUT2D eigenvalue weighted by Crippen LogP contribution is 2.33. The number of nitrogens with zero attached hydrogens (tertiary/aromatic N) is 1. The number of carboxylic acids is 1. The van der Waals surface area contributed by atoms with Crippen LogP contribution in [-0.2, 0) is 9.47 Å². The lowest BCUT2D eigenvalue weighted by atomic mass is 9.90. The summed E-state index contributed by atoms with van der Waals surface area (Å²) in [6.07, 6.45) is 2.36. The SMILES string of the molecule is CC(C)(C)OC(=O)N1C2C=C(c3ccc(C(=O)O)cc3)CC1COC2. The molecule has 25 heavy (non-hydrogen) atoms. The van der Waals surface area contributed by atoms with Crippen LogP contribution in [0.15, 0.2) is 30.3 Å². The van der Waals surface area contributed by atoms with Gasteiger partial charge in [0, 0.05) is 0 Å². The Morgan fingerprint density at radius 2 is 1.88 bits per heavy atom. The van der Waals surface area contributed by atoms with Gasteiger partial charge in [-0.25, -0.2) is 9.59 Å². The maximum absolute atomic E-state index is 12.5. The van der Waals surface area contributed by atoms with Crippen molar-refractivity contribution in [2.45, 2.75) is 44.9 Å². The quantitative estimate of drug-likeness (QED) is 0.891. The fraction of sp³-hybridized carbons (Fsp3) is 0.474. The summed E-state index contributed by atoms with van der Waals surface area (Å²) in [4.78, 5) is 25.3. The molecule has 2 aliphatic rings. The molecule has 134 valence electrons. The monoisotopic (exact) mass is 345 g/mol. The third-order valence-corrected chi connectivity index (χ3v) is 4.31. The molecular weight excluding hydrogens is 322 g/mol. The fourth-order valence-electron chi connectivity index (χ4n) is 3.24. The topological polar surface area (TPSA) is 76.1 Å². The minimum absolute atomic E-state index is 0.0762. The zero-order valence-electron chi connectivity index (χ0n) is 14.7. The number of hydrogen-bond acceptors (Lipinski definition) is 4. The maximum atomic E-state index is 12.5. The number of ether oxygens (including phenoxy) is 2. The van der Waals surface area contributed by atoms with E-state index in [1.807, 2.05) is 39.0 Å². The van der Waals surface area contributed by atoms with Crippen molar-refractivity contribution in [1.29, 1.82) is 0 Å². The maximum Gasteiger partial charge on any atom is 0.411 e. The highest BCUT2D eigenvalue weighted by atomic mass is 16.6. The number of carbonyl (C=O) groups is 2. The number of hydrogen-bond donors (Lipinski definition) is 1. The summed E-state index contributed by atoms with van der Waals surface area (Å²) in [6.45, 7) is 6.47. The summed E-state index contributed by atoms with van der Waals surface area (Å²) in [5, 5.41) is 9.02. The molecule has 6 nitrogen and oxygen atoms in total. The Morgan fingerprint density at radius 1 is 1.20 bits per heavy atom. The lowest BCUT2D eigenvalue weighted by Crippen LogP contribution is -2.57. The largest absolute Gasteiger partial charge is 0.478 e. The van der Waals surface area contributed by atoms with Gasteiger partial charge >= 0.3 is 12.1 Å². The third kappa shape index (κ3) is 3.85. The van der Waals surface area contributed by atoms with E-state index in [4.69, 9.17) is 14.6 Å². The van der Waals surface area contributed by atoms with Crippen LogP contribution in [0.4, 0.5) is 4.79 Å². The minimum atomic E-state index is -0.939. The molecule has 3 rings (SSSR count). The van der Waals surface area contributed by atoms with Gasteiger partial charge in [-0.2, -0.15) is 0 Å². The van der Waals surface area contributed by atoms with Gasteiger partial charge in [0.15, 0.2) is 0 Å².